The Morgan fingerprint density at radius 1 is 1.22 bits per heavy atom. The maximum Gasteiger partial charge on any atom is 0.434 e. The molecule has 1 heterocycles. The zero-order valence-corrected chi connectivity index (χ0v) is 14.5. The molecule has 23 heavy (non-hydrogen) atoms. The van der Waals surface area contributed by atoms with Crippen molar-refractivity contribution in [3.63, 3.8) is 0 Å². The minimum Gasteiger partial charge on any atom is -0.357 e. The molecule has 132 valence electrons. The summed E-state index contributed by atoms with van der Waals surface area (Å²) >= 11 is 1.04. The number of nitrogens with zero attached hydrogens (tertiary/aromatic N) is 2. The van der Waals surface area contributed by atoms with Crippen molar-refractivity contribution in [3.8, 4) is 0 Å². The topological polar surface area (TPSA) is 49.3 Å². The molecule has 4 nitrogen and oxygen atoms in total. The zero-order valence-electron chi connectivity index (χ0n) is 13.7. The van der Waals surface area contributed by atoms with Crippen molar-refractivity contribution < 1.29 is 13.2 Å². The second-order valence-corrected chi connectivity index (χ2v) is 6.06. The van der Waals surface area contributed by atoms with Gasteiger partial charge in [0, 0.05) is 31.4 Å². The van der Waals surface area contributed by atoms with Crippen LogP contribution in [0.2, 0.25) is 0 Å². The van der Waals surface area contributed by atoms with Gasteiger partial charge in [-0.2, -0.15) is 13.2 Å². The normalized spacial score (nSPS) is 12.5. The van der Waals surface area contributed by atoms with Crippen molar-refractivity contribution in [1.82, 2.24) is 15.6 Å². The van der Waals surface area contributed by atoms with Crippen molar-refractivity contribution >= 4 is 17.3 Å². The molecular formula is C15H25F3N4S. The second-order valence-electron chi connectivity index (χ2n) is 5.12. The number of alkyl halides is 3. The molecule has 0 aliphatic rings. The Bertz CT molecular complexity index is 472. The van der Waals surface area contributed by atoms with Gasteiger partial charge in [-0.25, -0.2) is 4.98 Å². The molecule has 0 bridgehead atoms. The Hall–Kier alpha value is -1.31. The van der Waals surface area contributed by atoms with E-state index in [1.807, 2.05) is 6.92 Å². The fourth-order valence-corrected chi connectivity index (χ4v) is 2.72. The lowest BCUT2D eigenvalue weighted by Crippen LogP contribution is -2.38. The largest absolute Gasteiger partial charge is 0.434 e. The van der Waals surface area contributed by atoms with Gasteiger partial charge in [0.2, 0.25) is 0 Å². The third-order valence-corrected chi connectivity index (χ3v) is 4.01. The van der Waals surface area contributed by atoms with Crippen LogP contribution in [0.15, 0.2) is 10.4 Å². The van der Waals surface area contributed by atoms with Crippen LogP contribution in [-0.4, -0.2) is 30.6 Å². The summed E-state index contributed by atoms with van der Waals surface area (Å²) < 4.78 is 37.4. The summed E-state index contributed by atoms with van der Waals surface area (Å²) in [6.07, 6.45) is 0.698. The summed E-state index contributed by atoms with van der Waals surface area (Å²) in [6.45, 7) is 6.15. The van der Waals surface area contributed by atoms with E-state index in [0.29, 0.717) is 23.9 Å². The molecule has 0 saturated heterocycles. The minimum absolute atomic E-state index is 0.445. The molecular weight excluding hydrogens is 325 g/mol. The van der Waals surface area contributed by atoms with Gasteiger partial charge in [-0.05, 0) is 13.3 Å². The molecule has 0 aromatic carbocycles. The van der Waals surface area contributed by atoms with Crippen LogP contribution in [-0.2, 0) is 12.6 Å². The molecule has 0 saturated carbocycles. The average molecular weight is 350 g/mol. The van der Waals surface area contributed by atoms with E-state index >= 15 is 0 Å². The third kappa shape index (κ3) is 8.20. The first-order valence-electron chi connectivity index (χ1n) is 8.01. The number of thiazole rings is 1. The number of hydrogen-bond donors (Lipinski definition) is 2. The number of aromatic nitrogens is 1. The summed E-state index contributed by atoms with van der Waals surface area (Å²) in [4.78, 5) is 8.07. The summed E-state index contributed by atoms with van der Waals surface area (Å²) in [5.41, 5.74) is -0.811. The zero-order chi connectivity index (χ0) is 17.1. The van der Waals surface area contributed by atoms with E-state index in [-0.39, 0.29) is 0 Å². The molecule has 0 unspecified atom stereocenters. The van der Waals surface area contributed by atoms with E-state index in [4.69, 9.17) is 0 Å². The molecule has 0 spiro atoms. The van der Waals surface area contributed by atoms with E-state index < -0.39 is 11.9 Å². The number of halogens is 3. The predicted octanol–water partition coefficient (Wildman–Crippen LogP) is 3.84. The first-order chi connectivity index (χ1) is 11.0. The number of hydrogen-bond acceptors (Lipinski definition) is 3. The van der Waals surface area contributed by atoms with Crippen molar-refractivity contribution in [2.75, 3.05) is 19.6 Å². The number of unbranched alkanes of at least 4 members (excludes halogenated alkanes) is 3. The van der Waals surface area contributed by atoms with Crippen LogP contribution < -0.4 is 10.6 Å². The van der Waals surface area contributed by atoms with Gasteiger partial charge < -0.3 is 10.6 Å². The highest BCUT2D eigenvalue weighted by molar-refractivity contribution is 7.09. The first kappa shape index (κ1) is 19.7. The fourth-order valence-electron chi connectivity index (χ4n) is 1.91. The van der Waals surface area contributed by atoms with Crippen LogP contribution in [0.5, 0.6) is 0 Å². The Morgan fingerprint density at radius 2 is 2.00 bits per heavy atom. The molecule has 2 N–H and O–H groups in total. The highest BCUT2D eigenvalue weighted by Gasteiger charge is 2.33. The SMILES string of the molecule is CCCCCCN=C(NCC)NCCc1nc(C(F)(F)F)cs1. The maximum atomic E-state index is 12.5. The van der Waals surface area contributed by atoms with Crippen LogP contribution in [0.4, 0.5) is 13.2 Å². The van der Waals surface area contributed by atoms with Crippen LogP contribution >= 0.6 is 11.3 Å². The Morgan fingerprint density at radius 3 is 2.61 bits per heavy atom. The molecule has 0 atom stereocenters. The van der Waals surface area contributed by atoms with Gasteiger partial charge in [0.1, 0.15) is 0 Å². The Kier molecular flexibility index (Phi) is 8.98. The summed E-state index contributed by atoms with van der Waals surface area (Å²) in [5.74, 6) is 0.705. The number of rotatable bonds is 9. The molecule has 0 aliphatic heterocycles. The monoisotopic (exact) mass is 350 g/mol. The van der Waals surface area contributed by atoms with Crippen LogP contribution in [0.1, 0.15) is 50.2 Å². The number of nitrogens with one attached hydrogen (secondary N) is 2. The third-order valence-electron chi connectivity index (χ3n) is 3.10. The van der Waals surface area contributed by atoms with Crippen LogP contribution in [0.3, 0.4) is 0 Å². The number of guanidine groups is 1. The van der Waals surface area contributed by atoms with Crippen molar-refractivity contribution in [2.45, 2.75) is 52.1 Å². The lowest BCUT2D eigenvalue weighted by molar-refractivity contribution is -0.140. The Balaban J connectivity index is 2.37. The quantitative estimate of drug-likeness (QED) is 0.404. The standard InChI is InChI=1S/C15H25F3N4S/c1-3-5-6-7-9-20-14(19-4-2)21-10-8-13-22-12(11-23-13)15(16,17)18/h11H,3-10H2,1-2H3,(H2,19,20,21). The lowest BCUT2D eigenvalue weighted by atomic mass is 10.2. The highest BCUT2D eigenvalue weighted by atomic mass is 32.1. The van der Waals surface area contributed by atoms with E-state index in [9.17, 15) is 13.2 Å². The van der Waals surface area contributed by atoms with Gasteiger partial charge >= 0.3 is 6.18 Å². The summed E-state index contributed by atoms with van der Waals surface area (Å²) in [5, 5.41) is 7.80. The van der Waals surface area contributed by atoms with Crippen LogP contribution in [0, 0.1) is 0 Å². The first-order valence-corrected chi connectivity index (χ1v) is 8.89. The van der Waals surface area contributed by atoms with Gasteiger partial charge in [-0.15, -0.1) is 11.3 Å². The summed E-state index contributed by atoms with van der Waals surface area (Å²) in [7, 11) is 0. The fraction of sp³-hybridized carbons (Fsp3) is 0.733. The maximum absolute atomic E-state index is 12.5. The molecule has 8 heteroatoms. The van der Waals surface area contributed by atoms with Gasteiger partial charge in [0.05, 0.1) is 5.01 Å². The molecule has 1 aromatic rings. The van der Waals surface area contributed by atoms with E-state index in [2.05, 4.69) is 27.5 Å². The van der Waals surface area contributed by atoms with E-state index in [1.165, 1.54) is 19.3 Å². The van der Waals surface area contributed by atoms with Gasteiger partial charge in [-0.3, -0.25) is 4.99 Å². The Labute approximate surface area is 139 Å². The van der Waals surface area contributed by atoms with E-state index in [1.54, 1.807) is 0 Å². The highest BCUT2D eigenvalue weighted by Crippen LogP contribution is 2.29. The smallest absolute Gasteiger partial charge is 0.357 e. The van der Waals surface area contributed by atoms with E-state index in [0.717, 1.165) is 36.2 Å². The van der Waals surface area contributed by atoms with Gasteiger partial charge in [0.25, 0.3) is 0 Å². The van der Waals surface area contributed by atoms with Crippen molar-refractivity contribution in [3.05, 3.63) is 16.1 Å². The molecule has 0 amide bonds. The number of aliphatic imine (C=N–C) groups is 1. The average Bonchev–Trinajstić information content (AvgIpc) is 2.96. The molecule has 0 aliphatic carbocycles. The molecule has 0 fully saturated rings. The molecule has 1 aromatic heterocycles. The lowest BCUT2D eigenvalue weighted by Gasteiger charge is -2.10. The summed E-state index contributed by atoms with van der Waals surface area (Å²) in [6, 6.07) is 0. The minimum atomic E-state index is -4.36. The van der Waals surface area contributed by atoms with Gasteiger partial charge in [-0.1, -0.05) is 26.2 Å². The van der Waals surface area contributed by atoms with Crippen LogP contribution in [0.25, 0.3) is 0 Å². The molecule has 0 radical (unpaired) electrons. The van der Waals surface area contributed by atoms with Gasteiger partial charge in [0.15, 0.2) is 11.7 Å². The molecule has 1 rings (SSSR count). The van der Waals surface area contributed by atoms with Crippen molar-refractivity contribution in [1.29, 1.82) is 0 Å². The second kappa shape index (κ2) is 10.5. The van der Waals surface area contributed by atoms with Crippen molar-refractivity contribution in [2.24, 2.45) is 4.99 Å². The predicted molar refractivity (Wildman–Crippen MR) is 88.9 cm³/mol.